The van der Waals surface area contributed by atoms with Crippen molar-refractivity contribution >= 4 is 46.7 Å². The Bertz CT molecular complexity index is 1460. The van der Waals surface area contributed by atoms with E-state index in [0.717, 1.165) is 37.8 Å². The summed E-state index contributed by atoms with van der Waals surface area (Å²) in [4.78, 5) is 31.1. The van der Waals surface area contributed by atoms with Crippen LogP contribution in [0, 0.1) is 0 Å². The van der Waals surface area contributed by atoms with E-state index in [1.807, 2.05) is 48.6 Å². The van der Waals surface area contributed by atoms with E-state index in [1.54, 1.807) is 47.8 Å². The fourth-order valence-electron chi connectivity index (χ4n) is 4.32. The van der Waals surface area contributed by atoms with Gasteiger partial charge >= 0.3 is 5.97 Å². The van der Waals surface area contributed by atoms with Crippen LogP contribution in [0.15, 0.2) is 116 Å². The van der Waals surface area contributed by atoms with Crippen LogP contribution >= 0.6 is 23.5 Å². The van der Waals surface area contributed by atoms with Crippen molar-refractivity contribution in [2.75, 3.05) is 16.8 Å². The van der Waals surface area contributed by atoms with E-state index >= 15 is 0 Å². The number of hydrogen-bond donors (Lipinski definition) is 1. The molecule has 1 N–H and O–H groups in total. The Kier molecular flexibility index (Phi) is 5.51. The number of nitrogens with zero attached hydrogens (tertiary/aromatic N) is 1. The first-order valence-corrected chi connectivity index (χ1v) is 12.9. The number of carbonyl (C=O) groups is 2. The van der Waals surface area contributed by atoms with Crippen molar-refractivity contribution in [2.45, 2.75) is 16.7 Å². The fourth-order valence-corrected chi connectivity index (χ4v) is 6.46. The monoisotopic (exact) mass is 496 g/mol. The van der Waals surface area contributed by atoms with Crippen molar-refractivity contribution in [1.82, 2.24) is 0 Å². The molecule has 3 aliphatic rings. The Morgan fingerprint density at radius 2 is 1.66 bits per heavy atom. The van der Waals surface area contributed by atoms with Crippen LogP contribution in [0.4, 0.5) is 11.4 Å². The van der Waals surface area contributed by atoms with E-state index in [0.29, 0.717) is 16.9 Å². The van der Waals surface area contributed by atoms with Crippen molar-refractivity contribution in [3.05, 3.63) is 112 Å². The molecule has 0 aliphatic carbocycles. The predicted octanol–water partition coefficient (Wildman–Crippen LogP) is 6.62. The van der Waals surface area contributed by atoms with Gasteiger partial charge in [-0.05, 0) is 61.0 Å². The molecule has 5 nitrogen and oxygen atoms in total. The Labute approximate surface area is 211 Å². The summed E-state index contributed by atoms with van der Waals surface area (Å²) in [7, 11) is 0. The van der Waals surface area contributed by atoms with Crippen LogP contribution < -0.4 is 15.0 Å². The molecule has 0 fully saturated rings. The molecular formula is C28H20N2O3S2. The van der Waals surface area contributed by atoms with Gasteiger partial charge in [0.2, 0.25) is 5.78 Å². The van der Waals surface area contributed by atoms with E-state index in [4.69, 9.17) is 4.74 Å². The van der Waals surface area contributed by atoms with Crippen LogP contribution in [-0.4, -0.2) is 18.3 Å². The second-order valence-corrected chi connectivity index (χ2v) is 10.2. The highest BCUT2D eigenvalue weighted by molar-refractivity contribution is 8.04. The largest absolute Gasteiger partial charge is 0.422 e. The van der Waals surface area contributed by atoms with Crippen LogP contribution in [0.3, 0.4) is 0 Å². The van der Waals surface area contributed by atoms with Crippen molar-refractivity contribution < 1.29 is 14.3 Å². The number of hydrogen-bond acceptors (Lipinski definition) is 7. The van der Waals surface area contributed by atoms with E-state index < -0.39 is 5.97 Å². The normalized spacial score (nSPS) is 19.9. The minimum absolute atomic E-state index is 0.0367. The molecule has 3 aromatic rings. The topological polar surface area (TPSA) is 58.6 Å². The summed E-state index contributed by atoms with van der Waals surface area (Å²) < 4.78 is 5.58. The Morgan fingerprint density at radius 1 is 0.914 bits per heavy atom. The van der Waals surface area contributed by atoms with E-state index in [2.05, 4.69) is 29.3 Å². The molecule has 3 heterocycles. The second-order valence-electron chi connectivity index (χ2n) is 8.07. The quantitative estimate of drug-likeness (QED) is 0.189. The SMILES string of the molecule is CCN1C(=CC(/C=C2/Nc3ccccc3S2)=C2\C(=O)Oc3ccccc3C2=O)Sc2ccccc21. The lowest BCUT2D eigenvalue weighted by Gasteiger charge is -2.20. The lowest BCUT2D eigenvalue weighted by Crippen LogP contribution is -2.26. The third-order valence-corrected chi connectivity index (χ3v) is 8.07. The van der Waals surface area contributed by atoms with Gasteiger partial charge in [0, 0.05) is 16.3 Å². The summed E-state index contributed by atoms with van der Waals surface area (Å²) in [6.07, 6.45) is 3.80. The number of para-hydroxylation sites is 3. The molecule has 7 heteroatoms. The Hall–Kier alpha value is -3.68. The fraction of sp³-hybridized carbons (Fsp3) is 0.0714. The lowest BCUT2D eigenvalue weighted by atomic mass is 9.95. The maximum Gasteiger partial charge on any atom is 0.348 e. The Balaban J connectivity index is 1.50. The molecule has 0 bridgehead atoms. The van der Waals surface area contributed by atoms with E-state index in [-0.39, 0.29) is 11.4 Å². The molecule has 0 unspecified atom stereocenters. The number of benzene rings is 3. The molecule has 0 atom stereocenters. The molecule has 35 heavy (non-hydrogen) atoms. The van der Waals surface area contributed by atoms with Gasteiger partial charge in [-0.25, -0.2) is 4.79 Å². The number of thioether (sulfide) groups is 2. The van der Waals surface area contributed by atoms with Crippen molar-refractivity contribution in [1.29, 1.82) is 0 Å². The number of rotatable bonds is 3. The molecule has 0 spiro atoms. The third kappa shape index (κ3) is 3.87. The van der Waals surface area contributed by atoms with Crippen molar-refractivity contribution in [3.8, 4) is 5.75 Å². The minimum Gasteiger partial charge on any atom is -0.422 e. The molecule has 0 radical (unpaired) electrons. The zero-order valence-electron chi connectivity index (χ0n) is 18.8. The predicted molar refractivity (Wildman–Crippen MR) is 141 cm³/mol. The maximum absolute atomic E-state index is 13.5. The first kappa shape index (κ1) is 21.8. The number of Topliss-reactive ketones (excluding diaryl/α,β-unsaturated/α-hetero) is 1. The first-order chi connectivity index (χ1) is 17.1. The zero-order valence-corrected chi connectivity index (χ0v) is 20.4. The summed E-state index contributed by atoms with van der Waals surface area (Å²) in [5.74, 6) is -0.671. The molecular weight excluding hydrogens is 476 g/mol. The minimum atomic E-state index is -0.638. The molecule has 172 valence electrons. The molecule has 6 rings (SSSR count). The molecule has 0 saturated heterocycles. The standard InChI is InChI=1S/C28H20N2O3S2/c1-2-30-20-11-5-8-14-23(20)35-25(30)16-17(15-24-29-19-10-4-7-13-22(19)34-24)26-27(31)18-9-3-6-12-21(18)33-28(26)32/h3-16,29H,2H2,1H3/b24-15-,25-16?,26-17-. The summed E-state index contributed by atoms with van der Waals surface area (Å²) in [5, 5.41) is 5.19. The average Bonchev–Trinajstić information content (AvgIpc) is 3.43. The summed E-state index contributed by atoms with van der Waals surface area (Å²) in [5.41, 5.74) is 3.07. The average molecular weight is 497 g/mol. The van der Waals surface area contributed by atoms with Crippen LogP contribution in [0.5, 0.6) is 5.75 Å². The smallest absolute Gasteiger partial charge is 0.348 e. The molecule has 0 aromatic heterocycles. The van der Waals surface area contributed by atoms with Crippen LogP contribution in [0.1, 0.15) is 17.3 Å². The summed E-state index contributed by atoms with van der Waals surface area (Å²) in [6.45, 7) is 2.85. The Morgan fingerprint density at radius 3 is 2.49 bits per heavy atom. The zero-order chi connectivity index (χ0) is 23.9. The van der Waals surface area contributed by atoms with E-state index in [1.165, 1.54) is 0 Å². The number of nitrogens with one attached hydrogen (secondary N) is 1. The van der Waals surface area contributed by atoms with Gasteiger partial charge in [0.25, 0.3) is 0 Å². The number of anilines is 2. The lowest BCUT2D eigenvalue weighted by molar-refractivity contribution is -0.130. The number of fused-ring (bicyclic) bond motifs is 3. The van der Waals surface area contributed by atoms with Crippen LogP contribution in [-0.2, 0) is 4.79 Å². The summed E-state index contributed by atoms with van der Waals surface area (Å²) in [6, 6.07) is 23.1. The van der Waals surface area contributed by atoms with Gasteiger partial charge in [-0.2, -0.15) is 0 Å². The molecule has 3 aliphatic heterocycles. The van der Waals surface area contributed by atoms with Crippen LogP contribution in [0.25, 0.3) is 0 Å². The van der Waals surface area contributed by atoms with E-state index in [9.17, 15) is 9.59 Å². The maximum atomic E-state index is 13.5. The number of carbonyl (C=O) groups excluding carboxylic acids is 2. The number of ether oxygens (including phenoxy) is 1. The molecule has 0 amide bonds. The van der Waals surface area contributed by atoms with Crippen molar-refractivity contribution in [2.24, 2.45) is 0 Å². The highest BCUT2D eigenvalue weighted by Gasteiger charge is 2.34. The van der Waals surface area contributed by atoms with Gasteiger partial charge < -0.3 is 15.0 Å². The highest BCUT2D eigenvalue weighted by atomic mass is 32.2. The summed E-state index contributed by atoms with van der Waals surface area (Å²) >= 11 is 3.20. The van der Waals surface area contributed by atoms with Gasteiger partial charge in [-0.3, -0.25) is 4.79 Å². The number of allylic oxidation sites excluding steroid dienone is 3. The number of esters is 1. The second kappa shape index (κ2) is 8.83. The highest BCUT2D eigenvalue weighted by Crippen LogP contribution is 2.47. The van der Waals surface area contributed by atoms with Gasteiger partial charge in [0.15, 0.2) is 0 Å². The van der Waals surface area contributed by atoms with Gasteiger partial charge in [-0.1, -0.05) is 59.9 Å². The molecule has 3 aromatic carbocycles. The first-order valence-electron chi connectivity index (χ1n) is 11.2. The molecule has 0 saturated carbocycles. The van der Waals surface area contributed by atoms with Crippen molar-refractivity contribution in [3.63, 3.8) is 0 Å². The third-order valence-electron chi connectivity index (χ3n) is 5.94. The van der Waals surface area contributed by atoms with Crippen LogP contribution in [0.2, 0.25) is 0 Å². The van der Waals surface area contributed by atoms with Gasteiger partial charge in [-0.15, -0.1) is 0 Å². The number of ketones is 1. The van der Waals surface area contributed by atoms with Gasteiger partial charge in [0.05, 0.1) is 27.0 Å². The van der Waals surface area contributed by atoms with Gasteiger partial charge in [0.1, 0.15) is 11.3 Å².